The number of hydrogen-bond donors (Lipinski definition) is 1. The maximum absolute atomic E-state index is 10.4. The molecule has 0 aromatic heterocycles. The molecule has 1 N–H and O–H groups in total. The average molecular weight is 219 g/mol. The van der Waals surface area contributed by atoms with Crippen LogP contribution in [0.4, 0.5) is 0 Å². The standard InChI is InChI=1S/C14H21NO/c1-5-11(10-15)9-12-13(2,3)7-6-8-14(12,4)16/h5,9,16H,6-8H2,1-4H3/b11-5-,12-9+. The molecule has 0 amide bonds. The van der Waals surface area contributed by atoms with Crippen molar-refractivity contribution >= 4 is 0 Å². The van der Waals surface area contributed by atoms with Crippen LogP contribution in [0.1, 0.15) is 47.0 Å². The highest BCUT2D eigenvalue weighted by molar-refractivity contribution is 5.40. The van der Waals surface area contributed by atoms with Crippen LogP contribution in [-0.4, -0.2) is 10.7 Å². The zero-order chi connectivity index (χ0) is 12.4. The fourth-order valence-electron chi connectivity index (χ4n) is 2.56. The van der Waals surface area contributed by atoms with E-state index >= 15 is 0 Å². The van der Waals surface area contributed by atoms with E-state index in [0.717, 1.165) is 24.8 Å². The van der Waals surface area contributed by atoms with Gasteiger partial charge in [-0.2, -0.15) is 5.26 Å². The van der Waals surface area contributed by atoms with E-state index in [4.69, 9.17) is 5.26 Å². The van der Waals surface area contributed by atoms with Gasteiger partial charge in [-0.25, -0.2) is 0 Å². The monoisotopic (exact) mass is 219 g/mol. The summed E-state index contributed by atoms with van der Waals surface area (Å²) < 4.78 is 0. The first kappa shape index (κ1) is 13.0. The molecule has 88 valence electrons. The normalized spacial score (nSPS) is 32.5. The summed E-state index contributed by atoms with van der Waals surface area (Å²) in [5, 5.41) is 19.4. The topological polar surface area (TPSA) is 44.0 Å². The lowest BCUT2D eigenvalue weighted by Gasteiger charge is -2.42. The second-order valence-corrected chi connectivity index (χ2v) is 5.43. The van der Waals surface area contributed by atoms with Crippen LogP contribution in [0.5, 0.6) is 0 Å². The largest absolute Gasteiger partial charge is 0.386 e. The van der Waals surface area contributed by atoms with Crippen molar-refractivity contribution in [3.8, 4) is 6.07 Å². The summed E-state index contributed by atoms with van der Waals surface area (Å²) in [4.78, 5) is 0. The highest BCUT2D eigenvalue weighted by Gasteiger charge is 2.40. The summed E-state index contributed by atoms with van der Waals surface area (Å²) >= 11 is 0. The number of hydrogen-bond acceptors (Lipinski definition) is 2. The van der Waals surface area contributed by atoms with E-state index in [1.54, 1.807) is 6.08 Å². The Morgan fingerprint density at radius 3 is 2.44 bits per heavy atom. The Morgan fingerprint density at radius 2 is 2.00 bits per heavy atom. The molecule has 1 saturated carbocycles. The van der Waals surface area contributed by atoms with Crippen molar-refractivity contribution in [3.05, 3.63) is 23.3 Å². The molecule has 1 fully saturated rings. The van der Waals surface area contributed by atoms with E-state index in [-0.39, 0.29) is 5.41 Å². The molecule has 0 bridgehead atoms. The number of nitrogens with zero attached hydrogens (tertiary/aromatic N) is 1. The lowest BCUT2D eigenvalue weighted by molar-refractivity contribution is 0.0397. The lowest BCUT2D eigenvalue weighted by Crippen LogP contribution is -2.39. The summed E-state index contributed by atoms with van der Waals surface area (Å²) in [6, 6.07) is 2.15. The van der Waals surface area contributed by atoms with Gasteiger partial charge in [0, 0.05) is 5.57 Å². The van der Waals surface area contributed by atoms with Gasteiger partial charge >= 0.3 is 0 Å². The van der Waals surface area contributed by atoms with Crippen molar-refractivity contribution in [3.63, 3.8) is 0 Å². The first-order valence-corrected chi connectivity index (χ1v) is 5.85. The maximum atomic E-state index is 10.4. The molecule has 1 aliphatic carbocycles. The second-order valence-electron chi connectivity index (χ2n) is 5.43. The highest BCUT2D eigenvalue weighted by Crippen LogP contribution is 2.45. The molecule has 0 saturated heterocycles. The minimum Gasteiger partial charge on any atom is -0.386 e. The smallest absolute Gasteiger partial charge is 0.0988 e. The predicted molar refractivity (Wildman–Crippen MR) is 65.7 cm³/mol. The molecule has 0 aliphatic heterocycles. The summed E-state index contributed by atoms with van der Waals surface area (Å²) in [5.41, 5.74) is 0.825. The number of rotatable bonds is 1. The fourth-order valence-corrected chi connectivity index (χ4v) is 2.56. The van der Waals surface area contributed by atoms with Gasteiger partial charge in [-0.05, 0) is 50.2 Å². The summed E-state index contributed by atoms with van der Waals surface area (Å²) in [5.74, 6) is 0. The molecule has 0 aromatic rings. The molecule has 1 atom stereocenters. The molecule has 0 aromatic carbocycles. The third-order valence-electron chi connectivity index (χ3n) is 3.51. The number of allylic oxidation sites excluding steroid dienone is 3. The lowest BCUT2D eigenvalue weighted by atomic mass is 9.66. The van der Waals surface area contributed by atoms with Gasteiger partial charge in [0.1, 0.15) is 0 Å². The average Bonchev–Trinajstić information content (AvgIpc) is 2.16. The molecule has 2 heteroatoms. The van der Waals surface area contributed by atoms with E-state index in [0.29, 0.717) is 5.57 Å². The van der Waals surface area contributed by atoms with Crippen LogP contribution in [0.2, 0.25) is 0 Å². The van der Waals surface area contributed by atoms with Crippen LogP contribution in [-0.2, 0) is 0 Å². The van der Waals surface area contributed by atoms with Gasteiger partial charge in [-0.1, -0.05) is 19.9 Å². The maximum Gasteiger partial charge on any atom is 0.0988 e. The summed E-state index contributed by atoms with van der Waals surface area (Å²) in [6.07, 6.45) is 6.53. The SMILES string of the molecule is C/C=C(C#N)/C=C1\C(C)(C)CCCC1(C)O. The molecule has 0 radical (unpaired) electrons. The van der Waals surface area contributed by atoms with E-state index in [2.05, 4.69) is 19.9 Å². The first-order valence-electron chi connectivity index (χ1n) is 5.85. The Balaban J connectivity index is 3.19. The van der Waals surface area contributed by atoms with Crippen LogP contribution in [0.25, 0.3) is 0 Å². The molecule has 0 heterocycles. The van der Waals surface area contributed by atoms with E-state index < -0.39 is 5.60 Å². The molecule has 1 unspecified atom stereocenters. The minimum absolute atomic E-state index is 0.0210. The highest BCUT2D eigenvalue weighted by atomic mass is 16.3. The van der Waals surface area contributed by atoms with Crippen LogP contribution in [0.15, 0.2) is 23.3 Å². The van der Waals surface area contributed by atoms with E-state index in [9.17, 15) is 5.11 Å². The van der Waals surface area contributed by atoms with Gasteiger partial charge in [-0.15, -0.1) is 0 Å². The van der Waals surface area contributed by atoms with E-state index in [1.165, 1.54) is 0 Å². The van der Waals surface area contributed by atoms with Crippen LogP contribution in [0, 0.1) is 16.7 Å². The Hall–Kier alpha value is -1.07. The molecular formula is C14H21NO. The number of aliphatic hydroxyl groups is 1. The Kier molecular flexibility index (Phi) is 3.60. The fraction of sp³-hybridized carbons (Fsp3) is 0.643. The van der Waals surface area contributed by atoms with Gasteiger partial charge in [-0.3, -0.25) is 0 Å². The second kappa shape index (κ2) is 4.43. The quantitative estimate of drug-likeness (QED) is 0.687. The van der Waals surface area contributed by atoms with Crippen molar-refractivity contribution in [1.29, 1.82) is 5.26 Å². The molecule has 1 aliphatic rings. The zero-order valence-electron chi connectivity index (χ0n) is 10.7. The Morgan fingerprint density at radius 1 is 1.38 bits per heavy atom. The first-order chi connectivity index (χ1) is 7.33. The third-order valence-corrected chi connectivity index (χ3v) is 3.51. The van der Waals surface area contributed by atoms with Crippen molar-refractivity contribution in [1.82, 2.24) is 0 Å². The van der Waals surface area contributed by atoms with Crippen LogP contribution >= 0.6 is 0 Å². The third kappa shape index (κ3) is 2.54. The molecule has 1 rings (SSSR count). The summed E-state index contributed by atoms with van der Waals surface area (Å²) in [7, 11) is 0. The Bertz CT molecular complexity index is 349. The molecular weight excluding hydrogens is 198 g/mol. The number of nitriles is 1. The van der Waals surface area contributed by atoms with Gasteiger partial charge in [0.15, 0.2) is 0 Å². The van der Waals surface area contributed by atoms with Crippen molar-refractivity contribution in [2.75, 3.05) is 0 Å². The van der Waals surface area contributed by atoms with Crippen LogP contribution in [0.3, 0.4) is 0 Å². The van der Waals surface area contributed by atoms with Crippen LogP contribution < -0.4 is 0 Å². The molecule has 2 nitrogen and oxygen atoms in total. The van der Waals surface area contributed by atoms with Gasteiger partial charge in [0.2, 0.25) is 0 Å². The summed E-state index contributed by atoms with van der Waals surface area (Å²) in [6.45, 7) is 7.97. The van der Waals surface area contributed by atoms with Gasteiger partial charge in [0.25, 0.3) is 0 Å². The van der Waals surface area contributed by atoms with Crippen molar-refractivity contribution in [2.24, 2.45) is 5.41 Å². The van der Waals surface area contributed by atoms with Crippen molar-refractivity contribution < 1.29 is 5.11 Å². The predicted octanol–water partition coefficient (Wildman–Crippen LogP) is 3.34. The Labute approximate surface area is 98.3 Å². The van der Waals surface area contributed by atoms with E-state index in [1.807, 2.05) is 19.9 Å². The zero-order valence-corrected chi connectivity index (χ0v) is 10.7. The van der Waals surface area contributed by atoms with Gasteiger partial charge < -0.3 is 5.11 Å². The minimum atomic E-state index is -0.771. The molecule has 16 heavy (non-hydrogen) atoms. The molecule has 0 spiro atoms. The van der Waals surface area contributed by atoms with Gasteiger partial charge in [0.05, 0.1) is 11.7 Å². The van der Waals surface area contributed by atoms with Crippen molar-refractivity contribution in [2.45, 2.75) is 52.6 Å².